The summed E-state index contributed by atoms with van der Waals surface area (Å²) in [6, 6.07) is 5.04. The molecule has 0 unspecified atom stereocenters. The Morgan fingerprint density at radius 1 is 1.47 bits per heavy atom. The van der Waals surface area contributed by atoms with Crippen molar-refractivity contribution >= 4 is 27.8 Å². The Labute approximate surface area is 122 Å². The van der Waals surface area contributed by atoms with Crippen molar-refractivity contribution in [2.24, 2.45) is 0 Å². The van der Waals surface area contributed by atoms with E-state index in [4.69, 9.17) is 4.98 Å². The number of hydrogen-bond acceptors (Lipinski definition) is 5. The van der Waals surface area contributed by atoms with Crippen molar-refractivity contribution in [3.8, 4) is 0 Å². The highest BCUT2D eigenvalue weighted by molar-refractivity contribution is 7.15. The molecule has 1 aliphatic rings. The van der Waals surface area contributed by atoms with Gasteiger partial charge in [0.15, 0.2) is 5.13 Å². The number of rotatable bonds is 6. The molecule has 5 heteroatoms. The SMILES string of the molecule is Cc1nc(N(C)Cc2cccs2)sc1CNC1CC1. The van der Waals surface area contributed by atoms with Crippen LogP contribution in [0.15, 0.2) is 17.5 Å². The van der Waals surface area contributed by atoms with Crippen molar-refractivity contribution in [3.05, 3.63) is 33.0 Å². The van der Waals surface area contributed by atoms with Gasteiger partial charge in [0, 0.05) is 29.4 Å². The summed E-state index contributed by atoms with van der Waals surface area (Å²) in [6.45, 7) is 4.03. The minimum Gasteiger partial charge on any atom is -0.346 e. The maximum atomic E-state index is 4.70. The molecule has 0 spiro atoms. The molecule has 3 nitrogen and oxygen atoms in total. The molecule has 0 aliphatic heterocycles. The summed E-state index contributed by atoms with van der Waals surface area (Å²) in [4.78, 5) is 9.70. The van der Waals surface area contributed by atoms with Gasteiger partial charge in [0.2, 0.25) is 0 Å². The van der Waals surface area contributed by atoms with Gasteiger partial charge in [-0.3, -0.25) is 0 Å². The van der Waals surface area contributed by atoms with Crippen LogP contribution in [0.4, 0.5) is 5.13 Å². The fraction of sp³-hybridized carbons (Fsp3) is 0.500. The molecule has 3 rings (SSSR count). The van der Waals surface area contributed by atoms with E-state index in [-0.39, 0.29) is 0 Å². The van der Waals surface area contributed by atoms with E-state index >= 15 is 0 Å². The Hall–Kier alpha value is -0.910. The Kier molecular flexibility index (Phi) is 3.86. The van der Waals surface area contributed by atoms with Crippen LogP contribution < -0.4 is 10.2 Å². The first-order valence-electron chi connectivity index (χ1n) is 6.65. The molecule has 0 atom stereocenters. The second-order valence-electron chi connectivity index (χ2n) is 5.10. The molecule has 1 N–H and O–H groups in total. The molecule has 1 saturated carbocycles. The second kappa shape index (κ2) is 5.61. The van der Waals surface area contributed by atoms with Gasteiger partial charge < -0.3 is 10.2 Å². The second-order valence-corrected chi connectivity index (χ2v) is 7.19. The van der Waals surface area contributed by atoms with E-state index in [0.29, 0.717) is 0 Å². The molecular formula is C14H19N3S2. The first kappa shape index (κ1) is 13.1. The summed E-state index contributed by atoms with van der Waals surface area (Å²) in [6.07, 6.45) is 2.67. The van der Waals surface area contributed by atoms with Crippen molar-refractivity contribution in [1.29, 1.82) is 0 Å². The fourth-order valence-corrected chi connectivity index (χ4v) is 3.70. The summed E-state index contributed by atoms with van der Waals surface area (Å²) in [5, 5.41) is 6.82. The van der Waals surface area contributed by atoms with E-state index < -0.39 is 0 Å². The van der Waals surface area contributed by atoms with Crippen LogP contribution in [0.1, 0.15) is 28.3 Å². The molecule has 19 heavy (non-hydrogen) atoms. The molecule has 2 aromatic heterocycles. The van der Waals surface area contributed by atoms with Crippen molar-refractivity contribution in [2.75, 3.05) is 11.9 Å². The highest BCUT2D eigenvalue weighted by Crippen LogP contribution is 2.28. The standard InChI is InChI=1S/C14H19N3S2/c1-10-13(8-15-11-5-6-11)19-14(16-10)17(2)9-12-4-3-7-18-12/h3-4,7,11,15H,5-6,8-9H2,1-2H3. The van der Waals surface area contributed by atoms with Crippen LogP contribution in [0.25, 0.3) is 0 Å². The van der Waals surface area contributed by atoms with Gasteiger partial charge in [-0.2, -0.15) is 0 Å². The number of aromatic nitrogens is 1. The average molecular weight is 293 g/mol. The van der Waals surface area contributed by atoms with Crippen molar-refractivity contribution in [1.82, 2.24) is 10.3 Å². The maximum absolute atomic E-state index is 4.70. The highest BCUT2D eigenvalue weighted by Gasteiger charge is 2.21. The lowest BCUT2D eigenvalue weighted by Crippen LogP contribution is -2.15. The number of nitrogens with one attached hydrogen (secondary N) is 1. The van der Waals surface area contributed by atoms with Gasteiger partial charge in [-0.25, -0.2) is 4.98 Å². The van der Waals surface area contributed by atoms with Crippen LogP contribution in [0.5, 0.6) is 0 Å². The van der Waals surface area contributed by atoms with Crippen molar-refractivity contribution in [2.45, 2.75) is 38.9 Å². The van der Waals surface area contributed by atoms with Gasteiger partial charge >= 0.3 is 0 Å². The van der Waals surface area contributed by atoms with Crippen molar-refractivity contribution in [3.63, 3.8) is 0 Å². The topological polar surface area (TPSA) is 28.2 Å². The van der Waals surface area contributed by atoms with Gasteiger partial charge in [-0.05, 0) is 31.2 Å². The zero-order valence-corrected chi connectivity index (χ0v) is 13.0. The van der Waals surface area contributed by atoms with Crippen molar-refractivity contribution < 1.29 is 0 Å². The minimum absolute atomic E-state index is 0.758. The van der Waals surface area contributed by atoms with Crippen LogP contribution in [-0.4, -0.2) is 18.1 Å². The van der Waals surface area contributed by atoms with E-state index in [1.54, 1.807) is 11.3 Å². The number of hydrogen-bond donors (Lipinski definition) is 1. The molecule has 2 heterocycles. The third-order valence-electron chi connectivity index (χ3n) is 3.31. The predicted octanol–water partition coefficient (Wildman–Crippen LogP) is 3.40. The summed E-state index contributed by atoms with van der Waals surface area (Å²) in [5.41, 5.74) is 1.17. The zero-order chi connectivity index (χ0) is 13.2. The maximum Gasteiger partial charge on any atom is 0.185 e. The van der Waals surface area contributed by atoms with Crippen LogP contribution in [-0.2, 0) is 13.1 Å². The van der Waals surface area contributed by atoms with Gasteiger partial charge in [0.05, 0.1) is 12.2 Å². The van der Waals surface area contributed by atoms with Gasteiger partial charge in [-0.15, -0.1) is 22.7 Å². The van der Waals surface area contributed by atoms with Crippen LogP contribution >= 0.6 is 22.7 Å². The zero-order valence-electron chi connectivity index (χ0n) is 11.3. The van der Waals surface area contributed by atoms with Crippen LogP contribution in [0.3, 0.4) is 0 Å². The smallest absolute Gasteiger partial charge is 0.185 e. The van der Waals surface area contributed by atoms with Gasteiger partial charge in [-0.1, -0.05) is 6.07 Å². The molecule has 1 aliphatic carbocycles. The van der Waals surface area contributed by atoms with E-state index in [0.717, 1.165) is 24.3 Å². The Morgan fingerprint density at radius 3 is 3.00 bits per heavy atom. The van der Waals surface area contributed by atoms with Crippen LogP contribution in [0.2, 0.25) is 0 Å². The molecule has 0 radical (unpaired) electrons. The molecule has 1 fully saturated rings. The fourth-order valence-electron chi connectivity index (χ4n) is 1.97. The molecule has 0 aromatic carbocycles. The Balaban J connectivity index is 1.64. The monoisotopic (exact) mass is 293 g/mol. The molecule has 2 aromatic rings. The number of thiazole rings is 1. The lowest BCUT2D eigenvalue weighted by molar-refractivity contribution is 0.691. The first-order valence-corrected chi connectivity index (χ1v) is 8.35. The number of thiophene rings is 1. The normalized spacial score (nSPS) is 14.8. The number of nitrogens with zero attached hydrogens (tertiary/aromatic N) is 2. The average Bonchev–Trinajstić information content (AvgIpc) is 2.93. The summed E-state index contributed by atoms with van der Waals surface area (Å²) in [5.74, 6) is 0. The number of anilines is 1. The predicted molar refractivity (Wildman–Crippen MR) is 83.1 cm³/mol. The molecular weight excluding hydrogens is 274 g/mol. The first-order chi connectivity index (χ1) is 9.22. The lowest BCUT2D eigenvalue weighted by atomic mass is 10.4. The molecule has 102 valence electrons. The summed E-state index contributed by atoms with van der Waals surface area (Å²) < 4.78 is 0. The van der Waals surface area contributed by atoms with E-state index in [1.807, 2.05) is 11.3 Å². The van der Waals surface area contributed by atoms with E-state index in [9.17, 15) is 0 Å². The quantitative estimate of drug-likeness (QED) is 0.885. The minimum atomic E-state index is 0.758. The third-order valence-corrected chi connectivity index (χ3v) is 5.44. The molecule has 0 saturated heterocycles. The summed E-state index contributed by atoms with van der Waals surface area (Å²) in [7, 11) is 2.12. The summed E-state index contributed by atoms with van der Waals surface area (Å²) >= 11 is 3.62. The Morgan fingerprint density at radius 2 is 2.32 bits per heavy atom. The molecule has 0 amide bonds. The number of aryl methyl sites for hydroxylation is 1. The van der Waals surface area contributed by atoms with Gasteiger partial charge in [0.1, 0.15) is 0 Å². The van der Waals surface area contributed by atoms with Crippen LogP contribution in [0, 0.1) is 6.92 Å². The lowest BCUT2D eigenvalue weighted by Gasteiger charge is -2.14. The third kappa shape index (κ3) is 3.35. The van der Waals surface area contributed by atoms with Gasteiger partial charge in [0.25, 0.3) is 0 Å². The van der Waals surface area contributed by atoms with E-state index in [2.05, 4.69) is 41.7 Å². The largest absolute Gasteiger partial charge is 0.346 e. The molecule has 0 bridgehead atoms. The Bertz CT molecular complexity index is 529. The highest BCUT2D eigenvalue weighted by atomic mass is 32.1. The van der Waals surface area contributed by atoms with E-state index in [1.165, 1.54) is 28.3 Å².